The highest BCUT2D eigenvalue weighted by atomic mass is 16.5. The molecule has 1 saturated heterocycles. The smallest absolute Gasteiger partial charge is 0.309 e. The highest BCUT2D eigenvalue weighted by molar-refractivity contribution is 5.92. The lowest BCUT2D eigenvalue weighted by Gasteiger charge is -2.31. The fourth-order valence-corrected chi connectivity index (χ4v) is 3.51. The second kappa shape index (κ2) is 9.35. The van der Waals surface area contributed by atoms with Crippen LogP contribution in [0.2, 0.25) is 0 Å². The van der Waals surface area contributed by atoms with Crippen LogP contribution in [0.3, 0.4) is 0 Å². The molecule has 1 aromatic rings. The van der Waals surface area contributed by atoms with Crippen molar-refractivity contribution >= 4 is 23.5 Å². The Morgan fingerprint density at radius 2 is 1.74 bits per heavy atom. The number of piperidine rings is 1. The van der Waals surface area contributed by atoms with E-state index in [1.807, 2.05) is 36.4 Å². The zero-order chi connectivity index (χ0) is 19.1. The van der Waals surface area contributed by atoms with Crippen molar-refractivity contribution in [1.29, 1.82) is 0 Å². The number of carbonyl (C=O) groups is 3. The Morgan fingerprint density at radius 1 is 1.00 bits per heavy atom. The standard InChI is InChI=1S/C21H26N2O4/c24-19(15-27-21(26)17-7-3-1-4-8-17)23-13-11-16(12-14-23)20(25)22-18-9-5-2-6-10-18/h1-3,5-6,9-10,16-17H,4,7-8,11-15H2,(H,22,25)/t17-/m1/s1. The molecule has 144 valence electrons. The van der Waals surface area contributed by atoms with Crippen LogP contribution in [0.4, 0.5) is 5.69 Å². The van der Waals surface area contributed by atoms with E-state index < -0.39 is 0 Å². The highest BCUT2D eigenvalue weighted by Crippen LogP contribution is 2.21. The van der Waals surface area contributed by atoms with Gasteiger partial charge in [0.1, 0.15) is 0 Å². The Kier molecular flexibility index (Phi) is 6.63. The Labute approximate surface area is 159 Å². The molecule has 0 radical (unpaired) electrons. The molecule has 2 aliphatic rings. The number of ether oxygens (including phenoxy) is 1. The number of hydrogen-bond acceptors (Lipinski definition) is 4. The van der Waals surface area contributed by atoms with Gasteiger partial charge in [0, 0.05) is 24.7 Å². The summed E-state index contributed by atoms with van der Waals surface area (Å²) in [5.41, 5.74) is 0.783. The quantitative estimate of drug-likeness (QED) is 0.639. The minimum Gasteiger partial charge on any atom is -0.455 e. The van der Waals surface area contributed by atoms with Crippen LogP contribution in [0.5, 0.6) is 0 Å². The van der Waals surface area contributed by atoms with Crippen molar-refractivity contribution in [3.63, 3.8) is 0 Å². The number of carbonyl (C=O) groups excluding carboxylic acids is 3. The maximum atomic E-state index is 12.3. The number of benzene rings is 1. The molecule has 1 aliphatic carbocycles. The fraction of sp³-hybridized carbons (Fsp3) is 0.476. The van der Waals surface area contributed by atoms with Gasteiger partial charge in [-0.15, -0.1) is 0 Å². The summed E-state index contributed by atoms with van der Waals surface area (Å²) in [6.07, 6.45) is 7.64. The molecule has 1 N–H and O–H groups in total. The monoisotopic (exact) mass is 370 g/mol. The van der Waals surface area contributed by atoms with Gasteiger partial charge in [-0.3, -0.25) is 14.4 Å². The Hall–Kier alpha value is -2.63. The van der Waals surface area contributed by atoms with Crippen molar-refractivity contribution in [1.82, 2.24) is 4.90 Å². The van der Waals surface area contributed by atoms with Crippen molar-refractivity contribution < 1.29 is 19.1 Å². The van der Waals surface area contributed by atoms with Crippen molar-refractivity contribution in [2.45, 2.75) is 32.1 Å². The largest absolute Gasteiger partial charge is 0.455 e. The number of amides is 2. The van der Waals surface area contributed by atoms with Gasteiger partial charge >= 0.3 is 5.97 Å². The van der Waals surface area contributed by atoms with E-state index in [1.54, 1.807) is 4.90 Å². The number of para-hydroxylation sites is 1. The zero-order valence-corrected chi connectivity index (χ0v) is 15.4. The van der Waals surface area contributed by atoms with E-state index in [0.717, 1.165) is 18.5 Å². The molecule has 0 saturated carbocycles. The number of hydrogen-bond donors (Lipinski definition) is 1. The van der Waals surface area contributed by atoms with Crippen molar-refractivity contribution in [3.8, 4) is 0 Å². The minimum atomic E-state index is -0.287. The van der Waals surface area contributed by atoms with Crippen molar-refractivity contribution in [3.05, 3.63) is 42.5 Å². The van der Waals surface area contributed by atoms with Gasteiger partial charge in [-0.05, 0) is 44.2 Å². The van der Waals surface area contributed by atoms with Crippen molar-refractivity contribution in [2.24, 2.45) is 11.8 Å². The third-order valence-electron chi connectivity index (χ3n) is 5.20. The van der Waals surface area contributed by atoms with Crippen LogP contribution in [0.25, 0.3) is 0 Å². The van der Waals surface area contributed by atoms with Gasteiger partial charge < -0.3 is 15.0 Å². The lowest BCUT2D eigenvalue weighted by Crippen LogP contribution is -2.43. The molecule has 2 amide bonds. The summed E-state index contributed by atoms with van der Waals surface area (Å²) in [6, 6.07) is 9.36. The van der Waals surface area contributed by atoms with Crippen LogP contribution in [0.1, 0.15) is 32.1 Å². The number of esters is 1. The Bertz CT molecular complexity index is 693. The average Bonchev–Trinajstić information content (AvgIpc) is 2.73. The van der Waals surface area contributed by atoms with E-state index in [0.29, 0.717) is 32.4 Å². The highest BCUT2D eigenvalue weighted by Gasteiger charge is 2.28. The number of allylic oxidation sites excluding steroid dienone is 2. The third-order valence-corrected chi connectivity index (χ3v) is 5.20. The normalized spacial score (nSPS) is 20.1. The van der Waals surface area contributed by atoms with Gasteiger partial charge in [0.15, 0.2) is 6.61 Å². The van der Waals surface area contributed by atoms with Gasteiger partial charge in [-0.25, -0.2) is 0 Å². The zero-order valence-electron chi connectivity index (χ0n) is 15.4. The van der Waals surface area contributed by atoms with Crippen molar-refractivity contribution in [2.75, 3.05) is 25.0 Å². The number of rotatable bonds is 5. The molecule has 0 spiro atoms. The second-order valence-electron chi connectivity index (χ2n) is 7.10. The van der Waals surface area contributed by atoms with Gasteiger partial charge in [0.05, 0.1) is 5.92 Å². The van der Waals surface area contributed by atoms with Crippen LogP contribution in [-0.4, -0.2) is 42.4 Å². The molecule has 0 unspecified atom stereocenters. The van der Waals surface area contributed by atoms with E-state index in [-0.39, 0.29) is 36.2 Å². The number of nitrogens with one attached hydrogen (secondary N) is 1. The van der Waals surface area contributed by atoms with E-state index in [2.05, 4.69) is 11.4 Å². The summed E-state index contributed by atoms with van der Waals surface area (Å²) in [6.45, 7) is 0.810. The lowest BCUT2D eigenvalue weighted by atomic mass is 9.95. The molecular weight excluding hydrogens is 344 g/mol. The summed E-state index contributed by atoms with van der Waals surface area (Å²) in [5.74, 6) is -0.715. The second-order valence-corrected chi connectivity index (χ2v) is 7.10. The van der Waals surface area contributed by atoms with E-state index >= 15 is 0 Å². The first kappa shape index (κ1) is 19.1. The Balaban J connectivity index is 1.39. The van der Waals surface area contributed by atoms with Gasteiger partial charge in [-0.2, -0.15) is 0 Å². The molecule has 27 heavy (non-hydrogen) atoms. The number of likely N-dealkylation sites (tertiary alicyclic amines) is 1. The number of nitrogens with zero attached hydrogens (tertiary/aromatic N) is 1. The van der Waals surface area contributed by atoms with Crippen LogP contribution >= 0.6 is 0 Å². The van der Waals surface area contributed by atoms with Crippen LogP contribution < -0.4 is 5.32 Å². The minimum absolute atomic E-state index is 0.00919. The summed E-state index contributed by atoms with van der Waals surface area (Å²) < 4.78 is 5.21. The summed E-state index contributed by atoms with van der Waals surface area (Å²) in [7, 11) is 0. The van der Waals surface area contributed by atoms with E-state index in [1.165, 1.54) is 0 Å². The molecule has 1 aliphatic heterocycles. The Morgan fingerprint density at radius 3 is 2.41 bits per heavy atom. The predicted octanol–water partition coefficient (Wildman–Crippen LogP) is 2.76. The first-order chi connectivity index (χ1) is 13.1. The number of anilines is 1. The summed E-state index contributed by atoms with van der Waals surface area (Å²) >= 11 is 0. The molecule has 3 rings (SSSR count). The van der Waals surface area contributed by atoms with Crippen LogP contribution in [0.15, 0.2) is 42.5 Å². The average molecular weight is 370 g/mol. The van der Waals surface area contributed by atoms with Gasteiger partial charge in [-0.1, -0.05) is 30.4 Å². The fourth-order valence-electron chi connectivity index (χ4n) is 3.51. The molecule has 6 nitrogen and oxygen atoms in total. The SMILES string of the molecule is O=C(Nc1ccccc1)C1CCN(C(=O)COC(=O)[C@@H]2CC=CCC2)CC1. The maximum Gasteiger partial charge on any atom is 0.309 e. The summed E-state index contributed by atoms with van der Waals surface area (Å²) in [5, 5.41) is 2.91. The molecule has 0 aromatic heterocycles. The topological polar surface area (TPSA) is 75.7 Å². The molecule has 1 fully saturated rings. The molecule has 1 aromatic carbocycles. The predicted molar refractivity (Wildman–Crippen MR) is 102 cm³/mol. The lowest BCUT2D eigenvalue weighted by molar-refractivity contribution is -0.156. The van der Waals surface area contributed by atoms with E-state index in [4.69, 9.17) is 4.74 Å². The third kappa shape index (κ3) is 5.42. The van der Waals surface area contributed by atoms with E-state index in [9.17, 15) is 14.4 Å². The molecule has 0 bridgehead atoms. The van der Waals surface area contributed by atoms with Gasteiger partial charge in [0.2, 0.25) is 5.91 Å². The maximum absolute atomic E-state index is 12.3. The molecular formula is C21H26N2O4. The van der Waals surface area contributed by atoms with Crippen LogP contribution in [0, 0.1) is 11.8 Å². The van der Waals surface area contributed by atoms with Crippen LogP contribution in [-0.2, 0) is 19.1 Å². The molecule has 1 heterocycles. The van der Waals surface area contributed by atoms with Gasteiger partial charge in [0.25, 0.3) is 5.91 Å². The first-order valence-corrected chi connectivity index (χ1v) is 9.59. The summed E-state index contributed by atoms with van der Waals surface area (Å²) in [4.78, 5) is 38.3. The molecule has 1 atom stereocenters. The molecule has 6 heteroatoms. The first-order valence-electron chi connectivity index (χ1n) is 9.59.